The minimum atomic E-state index is -0.257. The van der Waals surface area contributed by atoms with Gasteiger partial charge in [-0.05, 0) is 24.3 Å². The SMILES string of the molecule is COc1cccc(OC)c1C=Cc1ccccc1F. The molecule has 0 amide bonds. The van der Waals surface area contributed by atoms with Crippen LogP contribution in [0.2, 0.25) is 0 Å². The van der Waals surface area contributed by atoms with Crippen LogP contribution in [0, 0.1) is 5.82 Å². The molecule has 0 fully saturated rings. The largest absolute Gasteiger partial charge is 0.496 e. The highest BCUT2D eigenvalue weighted by Gasteiger charge is 2.06. The second-order valence-electron chi connectivity index (χ2n) is 3.93. The molecule has 0 N–H and O–H groups in total. The Morgan fingerprint density at radius 2 is 1.47 bits per heavy atom. The topological polar surface area (TPSA) is 18.5 Å². The van der Waals surface area contributed by atoms with Crippen molar-refractivity contribution in [3.8, 4) is 11.5 Å². The zero-order chi connectivity index (χ0) is 13.7. The van der Waals surface area contributed by atoms with E-state index in [1.54, 1.807) is 44.6 Å². The van der Waals surface area contributed by atoms with Gasteiger partial charge in [-0.3, -0.25) is 0 Å². The van der Waals surface area contributed by atoms with Crippen molar-refractivity contribution in [2.24, 2.45) is 0 Å². The lowest BCUT2D eigenvalue weighted by atomic mass is 10.1. The first-order valence-corrected chi connectivity index (χ1v) is 5.90. The van der Waals surface area contributed by atoms with Gasteiger partial charge in [-0.2, -0.15) is 0 Å². The molecule has 3 heteroatoms. The van der Waals surface area contributed by atoms with Crippen LogP contribution in [0.5, 0.6) is 11.5 Å². The lowest BCUT2D eigenvalue weighted by molar-refractivity contribution is 0.392. The molecule has 2 aromatic rings. The van der Waals surface area contributed by atoms with Gasteiger partial charge in [0.05, 0.1) is 19.8 Å². The first kappa shape index (κ1) is 13.1. The second kappa shape index (κ2) is 6.05. The number of hydrogen-bond acceptors (Lipinski definition) is 2. The van der Waals surface area contributed by atoms with E-state index in [9.17, 15) is 4.39 Å². The average Bonchev–Trinajstić information content (AvgIpc) is 2.46. The van der Waals surface area contributed by atoms with Crippen LogP contribution in [0.3, 0.4) is 0 Å². The summed E-state index contributed by atoms with van der Waals surface area (Å²) in [6.45, 7) is 0. The van der Waals surface area contributed by atoms with Crippen molar-refractivity contribution in [2.75, 3.05) is 14.2 Å². The third-order valence-electron chi connectivity index (χ3n) is 2.80. The van der Waals surface area contributed by atoms with Gasteiger partial charge in [-0.25, -0.2) is 4.39 Å². The Labute approximate surface area is 112 Å². The van der Waals surface area contributed by atoms with E-state index in [-0.39, 0.29) is 5.82 Å². The Kier molecular flexibility index (Phi) is 4.18. The van der Waals surface area contributed by atoms with E-state index in [2.05, 4.69) is 0 Å². The molecule has 19 heavy (non-hydrogen) atoms. The third-order valence-corrected chi connectivity index (χ3v) is 2.80. The minimum Gasteiger partial charge on any atom is -0.496 e. The van der Waals surface area contributed by atoms with Crippen LogP contribution in [0.1, 0.15) is 11.1 Å². The molecular formula is C16H15FO2. The molecule has 2 rings (SSSR count). The Balaban J connectivity index is 2.40. The number of hydrogen-bond donors (Lipinski definition) is 0. The fourth-order valence-electron chi connectivity index (χ4n) is 1.83. The summed E-state index contributed by atoms with van der Waals surface area (Å²) in [6.07, 6.45) is 3.49. The highest BCUT2D eigenvalue weighted by atomic mass is 19.1. The van der Waals surface area contributed by atoms with Crippen molar-refractivity contribution in [3.05, 3.63) is 59.4 Å². The molecule has 0 spiro atoms. The predicted octanol–water partition coefficient (Wildman–Crippen LogP) is 4.01. The molecule has 0 saturated carbocycles. The van der Waals surface area contributed by atoms with E-state index < -0.39 is 0 Å². The summed E-state index contributed by atoms with van der Waals surface area (Å²) in [4.78, 5) is 0. The summed E-state index contributed by atoms with van der Waals surface area (Å²) in [7, 11) is 3.18. The van der Waals surface area contributed by atoms with Crippen LogP contribution >= 0.6 is 0 Å². The summed E-state index contributed by atoms with van der Waals surface area (Å²) in [5, 5.41) is 0. The molecule has 0 unspecified atom stereocenters. The quantitative estimate of drug-likeness (QED) is 0.771. The number of benzene rings is 2. The normalized spacial score (nSPS) is 10.7. The fourth-order valence-corrected chi connectivity index (χ4v) is 1.83. The van der Waals surface area contributed by atoms with Gasteiger partial charge >= 0.3 is 0 Å². The van der Waals surface area contributed by atoms with Gasteiger partial charge < -0.3 is 9.47 Å². The monoisotopic (exact) mass is 258 g/mol. The number of ether oxygens (including phenoxy) is 2. The summed E-state index contributed by atoms with van der Waals surface area (Å²) in [6, 6.07) is 12.1. The van der Waals surface area contributed by atoms with Crippen molar-refractivity contribution in [3.63, 3.8) is 0 Å². The Morgan fingerprint density at radius 1 is 0.842 bits per heavy atom. The number of methoxy groups -OCH3 is 2. The van der Waals surface area contributed by atoms with Crippen LogP contribution in [0.15, 0.2) is 42.5 Å². The minimum absolute atomic E-state index is 0.257. The van der Waals surface area contributed by atoms with Gasteiger partial charge in [0.1, 0.15) is 17.3 Å². The van der Waals surface area contributed by atoms with Crippen molar-refractivity contribution in [2.45, 2.75) is 0 Å². The highest BCUT2D eigenvalue weighted by molar-refractivity contribution is 5.76. The molecule has 2 aromatic carbocycles. The van der Waals surface area contributed by atoms with Crippen molar-refractivity contribution < 1.29 is 13.9 Å². The fraction of sp³-hybridized carbons (Fsp3) is 0.125. The van der Waals surface area contributed by atoms with E-state index in [1.807, 2.05) is 18.2 Å². The molecule has 0 aromatic heterocycles. The van der Waals surface area contributed by atoms with Gasteiger partial charge in [0, 0.05) is 5.56 Å². The van der Waals surface area contributed by atoms with Crippen LogP contribution in [0.25, 0.3) is 12.2 Å². The van der Waals surface area contributed by atoms with Crippen LogP contribution in [-0.2, 0) is 0 Å². The molecule has 2 nitrogen and oxygen atoms in total. The molecular weight excluding hydrogens is 243 g/mol. The van der Waals surface area contributed by atoms with Gasteiger partial charge in [-0.1, -0.05) is 30.3 Å². The Bertz CT molecular complexity index is 569. The lowest BCUT2D eigenvalue weighted by Crippen LogP contribution is -1.92. The van der Waals surface area contributed by atoms with E-state index in [0.717, 1.165) is 5.56 Å². The molecule has 0 aliphatic rings. The van der Waals surface area contributed by atoms with Crippen molar-refractivity contribution in [1.29, 1.82) is 0 Å². The summed E-state index contributed by atoms with van der Waals surface area (Å²) < 4.78 is 24.1. The first-order valence-electron chi connectivity index (χ1n) is 5.90. The van der Waals surface area contributed by atoms with Gasteiger partial charge in [0.25, 0.3) is 0 Å². The molecule has 0 heterocycles. The molecule has 0 radical (unpaired) electrons. The molecule has 0 aliphatic heterocycles. The molecule has 98 valence electrons. The summed E-state index contributed by atoms with van der Waals surface area (Å²) in [5.74, 6) is 1.12. The standard InChI is InChI=1S/C16H15FO2/c1-18-15-8-5-9-16(19-2)13(15)11-10-12-6-3-4-7-14(12)17/h3-11H,1-2H3. The summed E-state index contributed by atoms with van der Waals surface area (Å²) in [5.41, 5.74) is 1.31. The molecule has 0 atom stereocenters. The van der Waals surface area contributed by atoms with E-state index in [4.69, 9.17) is 9.47 Å². The maximum Gasteiger partial charge on any atom is 0.130 e. The lowest BCUT2D eigenvalue weighted by Gasteiger charge is -2.09. The van der Waals surface area contributed by atoms with Crippen LogP contribution in [0.4, 0.5) is 4.39 Å². The van der Waals surface area contributed by atoms with E-state index in [0.29, 0.717) is 17.1 Å². The second-order valence-corrected chi connectivity index (χ2v) is 3.93. The highest BCUT2D eigenvalue weighted by Crippen LogP contribution is 2.30. The average molecular weight is 258 g/mol. The summed E-state index contributed by atoms with van der Waals surface area (Å²) >= 11 is 0. The molecule has 0 aliphatic carbocycles. The van der Waals surface area contributed by atoms with Crippen LogP contribution in [-0.4, -0.2) is 14.2 Å². The molecule has 0 bridgehead atoms. The molecule has 0 saturated heterocycles. The van der Waals surface area contributed by atoms with Crippen molar-refractivity contribution >= 4 is 12.2 Å². The van der Waals surface area contributed by atoms with Gasteiger partial charge in [-0.15, -0.1) is 0 Å². The Morgan fingerprint density at radius 3 is 2.05 bits per heavy atom. The third kappa shape index (κ3) is 2.94. The van der Waals surface area contributed by atoms with Gasteiger partial charge in [0.2, 0.25) is 0 Å². The maximum atomic E-state index is 13.5. The maximum absolute atomic E-state index is 13.5. The number of rotatable bonds is 4. The first-order chi connectivity index (χ1) is 9.26. The van der Waals surface area contributed by atoms with Gasteiger partial charge in [0.15, 0.2) is 0 Å². The van der Waals surface area contributed by atoms with Crippen LogP contribution < -0.4 is 9.47 Å². The zero-order valence-corrected chi connectivity index (χ0v) is 10.9. The van der Waals surface area contributed by atoms with Crippen molar-refractivity contribution in [1.82, 2.24) is 0 Å². The predicted molar refractivity (Wildman–Crippen MR) is 74.9 cm³/mol. The van der Waals surface area contributed by atoms with E-state index >= 15 is 0 Å². The number of halogens is 1. The Hall–Kier alpha value is -2.29. The van der Waals surface area contributed by atoms with E-state index in [1.165, 1.54) is 6.07 Å². The smallest absolute Gasteiger partial charge is 0.130 e. The zero-order valence-electron chi connectivity index (χ0n) is 10.9.